The number of rotatable bonds is 5. The van der Waals surface area contributed by atoms with Gasteiger partial charge in [0.05, 0.1) is 5.69 Å². The maximum Gasteiger partial charge on any atom is 0.0899 e. The number of hydrogen-bond donors (Lipinski definition) is 1. The van der Waals surface area contributed by atoms with Crippen LogP contribution < -0.4 is 5.73 Å². The lowest BCUT2D eigenvalue weighted by Gasteiger charge is -2.12. The van der Waals surface area contributed by atoms with Crippen molar-refractivity contribution in [1.29, 1.82) is 0 Å². The van der Waals surface area contributed by atoms with Gasteiger partial charge in [-0.15, -0.1) is 0 Å². The number of nitrogens with two attached hydrogens (primary N) is 1. The Labute approximate surface area is 88.8 Å². The molecule has 1 aromatic heterocycles. The minimum atomic E-state index is -0.0147. The van der Waals surface area contributed by atoms with Gasteiger partial charge in [-0.25, -0.2) is 0 Å². The second kappa shape index (κ2) is 5.78. The van der Waals surface area contributed by atoms with Crippen LogP contribution in [-0.2, 0) is 0 Å². The molecular weight excluding hydrogens is 194 g/mol. The largest absolute Gasteiger partial charge is 0.324 e. The first-order chi connectivity index (χ1) is 6.75. The van der Waals surface area contributed by atoms with Gasteiger partial charge in [-0.3, -0.25) is 0 Å². The molecule has 1 rings (SSSR count). The third kappa shape index (κ3) is 3.12. The standard InChI is InChI=1S/C10H15N3S/c1-8(9(11)5-7-14-2)10-4-3-6-12-13-10/h3-4,6,9H,1,5,7,11H2,2H3/t9-/m0/s1. The Bertz CT molecular complexity index is 287. The Morgan fingerprint density at radius 1 is 1.71 bits per heavy atom. The molecule has 0 bridgehead atoms. The summed E-state index contributed by atoms with van der Waals surface area (Å²) in [6.45, 7) is 3.94. The summed E-state index contributed by atoms with van der Waals surface area (Å²) in [5.41, 5.74) is 7.62. The van der Waals surface area contributed by atoms with E-state index in [2.05, 4.69) is 23.0 Å². The van der Waals surface area contributed by atoms with Crippen molar-refractivity contribution >= 4 is 17.3 Å². The van der Waals surface area contributed by atoms with Crippen molar-refractivity contribution in [3.63, 3.8) is 0 Å². The minimum Gasteiger partial charge on any atom is -0.324 e. The topological polar surface area (TPSA) is 51.8 Å². The van der Waals surface area contributed by atoms with E-state index in [1.165, 1.54) is 0 Å². The summed E-state index contributed by atoms with van der Waals surface area (Å²) in [5, 5.41) is 7.77. The van der Waals surface area contributed by atoms with Crippen molar-refractivity contribution in [2.75, 3.05) is 12.0 Å². The molecule has 0 unspecified atom stereocenters. The lowest BCUT2D eigenvalue weighted by Crippen LogP contribution is -2.22. The fourth-order valence-electron chi connectivity index (χ4n) is 1.08. The maximum atomic E-state index is 5.95. The van der Waals surface area contributed by atoms with Gasteiger partial charge in [0.1, 0.15) is 0 Å². The predicted molar refractivity (Wildman–Crippen MR) is 62.0 cm³/mol. The summed E-state index contributed by atoms with van der Waals surface area (Å²) < 4.78 is 0. The van der Waals surface area contributed by atoms with Crippen LogP contribution in [0.3, 0.4) is 0 Å². The molecule has 4 heteroatoms. The second-order valence-electron chi connectivity index (χ2n) is 3.02. The highest BCUT2D eigenvalue weighted by atomic mass is 32.2. The molecule has 0 spiro atoms. The molecule has 1 heterocycles. The van der Waals surface area contributed by atoms with Gasteiger partial charge in [0, 0.05) is 12.2 Å². The number of hydrogen-bond acceptors (Lipinski definition) is 4. The minimum absolute atomic E-state index is 0.0147. The highest BCUT2D eigenvalue weighted by Gasteiger charge is 2.09. The Morgan fingerprint density at radius 2 is 2.50 bits per heavy atom. The number of aromatic nitrogens is 2. The second-order valence-corrected chi connectivity index (χ2v) is 4.01. The van der Waals surface area contributed by atoms with Gasteiger partial charge in [-0.2, -0.15) is 22.0 Å². The first-order valence-corrected chi connectivity index (χ1v) is 5.86. The summed E-state index contributed by atoms with van der Waals surface area (Å²) in [6, 6.07) is 3.71. The van der Waals surface area contributed by atoms with E-state index < -0.39 is 0 Å². The average Bonchev–Trinajstić information content (AvgIpc) is 2.26. The molecule has 14 heavy (non-hydrogen) atoms. The molecule has 0 saturated carbocycles. The van der Waals surface area contributed by atoms with Crippen LogP contribution in [0.5, 0.6) is 0 Å². The SMILES string of the molecule is C=C(c1cccnn1)[C@@H](N)CCSC. The van der Waals surface area contributed by atoms with E-state index in [0.29, 0.717) is 0 Å². The quantitative estimate of drug-likeness (QED) is 0.799. The normalized spacial score (nSPS) is 12.4. The molecule has 0 fully saturated rings. The highest BCUT2D eigenvalue weighted by molar-refractivity contribution is 7.98. The first kappa shape index (κ1) is 11.2. The van der Waals surface area contributed by atoms with Gasteiger partial charge >= 0.3 is 0 Å². The van der Waals surface area contributed by atoms with Crippen LogP contribution in [0.1, 0.15) is 12.1 Å². The van der Waals surface area contributed by atoms with Crippen molar-refractivity contribution < 1.29 is 0 Å². The summed E-state index contributed by atoms with van der Waals surface area (Å²) in [7, 11) is 0. The van der Waals surface area contributed by atoms with E-state index >= 15 is 0 Å². The smallest absolute Gasteiger partial charge is 0.0899 e. The molecule has 0 aliphatic heterocycles. The van der Waals surface area contributed by atoms with E-state index in [9.17, 15) is 0 Å². The summed E-state index contributed by atoms with van der Waals surface area (Å²) in [6.07, 6.45) is 4.64. The van der Waals surface area contributed by atoms with Crippen LogP contribution in [0.4, 0.5) is 0 Å². The Hall–Kier alpha value is -0.870. The fourth-order valence-corrected chi connectivity index (χ4v) is 1.57. The molecular formula is C10H15N3S. The van der Waals surface area contributed by atoms with Crippen LogP contribution in [0.25, 0.3) is 5.57 Å². The van der Waals surface area contributed by atoms with Gasteiger partial charge in [-0.1, -0.05) is 6.58 Å². The van der Waals surface area contributed by atoms with Gasteiger partial charge < -0.3 is 5.73 Å². The third-order valence-electron chi connectivity index (χ3n) is 1.98. The lowest BCUT2D eigenvalue weighted by molar-refractivity contribution is 0.801. The lowest BCUT2D eigenvalue weighted by atomic mass is 10.0. The van der Waals surface area contributed by atoms with E-state index in [-0.39, 0.29) is 6.04 Å². The number of thioether (sulfide) groups is 1. The van der Waals surface area contributed by atoms with Gasteiger partial charge in [0.25, 0.3) is 0 Å². The zero-order valence-corrected chi connectivity index (χ0v) is 9.13. The molecule has 0 radical (unpaired) electrons. The monoisotopic (exact) mass is 209 g/mol. The molecule has 0 aliphatic carbocycles. The number of nitrogens with zero attached hydrogens (tertiary/aromatic N) is 2. The molecule has 0 saturated heterocycles. The molecule has 76 valence electrons. The zero-order chi connectivity index (χ0) is 10.4. The Kier molecular flexibility index (Phi) is 4.62. The predicted octanol–water partition coefficient (Wildman–Crippen LogP) is 1.57. The van der Waals surface area contributed by atoms with Crippen molar-refractivity contribution in [3.05, 3.63) is 30.6 Å². The molecule has 0 aromatic carbocycles. The molecule has 1 aromatic rings. The highest BCUT2D eigenvalue weighted by Crippen LogP contribution is 2.14. The summed E-state index contributed by atoms with van der Waals surface area (Å²) >= 11 is 1.79. The average molecular weight is 209 g/mol. The van der Waals surface area contributed by atoms with Gasteiger partial charge in [0.15, 0.2) is 0 Å². The van der Waals surface area contributed by atoms with Crippen LogP contribution in [0.15, 0.2) is 24.9 Å². The molecule has 3 nitrogen and oxygen atoms in total. The summed E-state index contributed by atoms with van der Waals surface area (Å²) in [4.78, 5) is 0. The van der Waals surface area contributed by atoms with Crippen molar-refractivity contribution in [1.82, 2.24) is 10.2 Å². The Morgan fingerprint density at radius 3 is 3.07 bits per heavy atom. The van der Waals surface area contributed by atoms with Crippen molar-refractivity contribution in [2.24, 2.45) is 5.73 Å². The molecule has 2 N–H and O–H groups in total. The molecule has 1 atom stereocenters. The zero-order valence-electron chi connectivity index (χ0n) is 8.31. The molecule has 0 amide bonds. The van der Waals surface area contributed by atoms with E-state index in [1.807, 2.05) is 12.1 Å². The van der Waals surface area contributed by atoms with Crippen molar-refractivity contribution in [2.45, 2.75) is 12.5 Å². The van der Waals surface area contributed by atoms with Crippen LogP contribution >= 0.6 is 11.8 Å². The Balaban J connectivity index is 2.57. The summed E-state index contributed by atoms with van der Waals surface area (Å²) in [5.74, 6) is 1.04. The van der Waals surface area contributed by atoms with E-state index in [1.54, 1.807) is 18.0 Å². The van der Waals surface area contributed by atoms with Crippen LogP contribution in [0.2, 0.25) is 0 Å². The third-order valence-corrected chi connectivity index (χ3v) is 2.63. The van der Waals surface area contributed by atoms with Crippen LogP contribution in [-0.4, -0.2) is 28.2 Å². The fraction of sp³-hybridized carbons (Fsp3) is 0.400. The first-order valence-electron chi connectivity index (χ1n) is 4.47. The van der Waals surface area contributed by atoms with E-state index in [4.69, 9.17) is 5.73 Å². The van der Waals surface area contributed by atoms with Gasteiger partial charge in [0.2, 0.25) is 0 Å². The van der Waals surface area contributed by atoms with Gasteiger partial charge in [-0.05, 0) is 36.1 Å². The van der Waals surface area contributed by atoms with Crippen LogP contribution in [0, 0.1) is 0 Å². The maximum absolute atomic E-state index is 5.95. The molecule has 0 aliphatic rings. The van der Waals surface area contributed by atoms with E-state index in [0.717, 1.165) is 23.4 Å². The van der Waals surface area contributed by atoms with Crippen molar-refractivity contribution in [3.8, 4) is 0 Å².